The zero-order valence-corrected chi connectivity index (χ0v) is 17.6. The first-order valence-corrected chi connectivity index (χ1v) is 10.5. The highest BCUT2D eigenvalue weighted by molar-refractivity contribution is 7.13. The fraction of sp³-hybridized carbons (Fsp3) is 0.0833. The van der Waals surface area contributed by atoms with Gasteiger partial charge in [-0.25, -0.2) is 0 Å². The molecule has 4 heterocycles. The second-order valence-corrected chi connectivity index (χ2v) is 8.56. The molecule has 0 aliphatic heterocycles. The van der Waals surface area contributed by atoms with E-state index < -0.39 is 0 Å². The first-order chi connectivity index (χ1) is 14.6. The van der Waals surface area contributed by atoms with Gasteiger partial charge in [0.25, 0.3) is 0 Å². The Balaban J connectivity index is 1.62. The summed E-state index contributed by atoms with van der Waals surface area (Å²) in [5, 5.41) is 15.8. The van der Waals surface area contributed by atoms with Gasteiger partial charge in [0.15, 0.2) is 0 Å². The van der Waals surface area contributed by atoms with Crippen LogP contribution in [0.5, 0.6) is 0 Å². The van der Waals surface area contributed by atoms with E-state index in [1.807, 2.05) is 18.5 Å². The number of aromatic amines is 3. The van der Waals surface area contributed by atoms with E-state index in [1.165, 1.54) is 15.3 Å². The number of nitrogens with zero attached hydrogens (tertiary/aromatic N) is 2. The Labute approximate surface area is 178 Å². The number of thiophene rings is 1. The number of nitrogens with one attached hydrogen (secondary N) is 3. The third kappa shape index (κ3) is 3.11. The van der Waals surface area contributed by atoms with Crippen LogP contribution in [-0.4, -0.2) is 25.4 Å². The lowest BCUT2D eigenvalue weighted by Crippen LogP contribution is -1.85. The van der Waals surface area contributed by atoms with Gasteiger partial charge in [-0.3, -0.25) is 10.2 Å². The molecule has 0 fully saturated rings. The average molecular weight is 412 g/mol. The molecule has 0 unspecified atom stereocenters. The minimum Gasteiger partial charge on any atom is -0.357 e. The molecule has 0 radical (unpaired) electrons. The molecule has 1 aromatic carbocycles. The van der Waals surface area contributed by atoms with E-state index >= 15 is 0 Å². The zero-order chi connectivity index (χ0) is 20.7. The van der Waals surface area contributed by atoms with Crippen LogP contribution in [0.15, 0.2) is 67.5 Å². The number of benzene rings is 1. The molecular formula is C24H21N5S. The third-order valence-corrected chi connectivity index (χ3v) is 6.28. The number of hydrogen-bond donors (Lipinski definition) is 3. The highest BCUT2D eigenvalue weighted by Crippen LogP contribution is 2.36. The Morgan fingerprint density at radius 1 is 1.10 bits per heavy atom. The van der Waals surface area contributed by atoms with Gasteiger partial charge in [0, 0.05) is 43.7 Å². The van der Waals surface area contributed by atoms with Gasteiger partial charge in [-0.15, -0.1) is 11.3 Å². The molecule has 5 rings (SSSR count). The van der Waals surface area contributed by atoms with Gasteiger partial charge in [0.2, 0.25) is 0 Å². The Hall–Kier alpha value is -3.64. The van der Waals surface area contributed by atoms with Gasteiger partial charge >= 0.3 is 0 Å². The Morgan fingerprint density at radius 3 is 2.73 bits per heavy atom. The number of fused-ring (bicyclic) bond motifs is 1. The molecule has 30 heavy (non-hydrogen) atoms. The van der Waals surface area contributed by atoms with Crippen LogP contribution in [0.3, 0.4) is 0 Å². The van der Waals surface area contributed by atoms with Gasteiger partial charge in [0.05, 0.1) is 17.4 Å². The number of H-pyrrole nitrogens is 3. The fourth-order valence-corrected chi connectivity index (χ4v) is 4.68. The number of hydrogen-bond acceptors (Lipinski definition) is 3. The summed E-state index contributed by atoms with van der Waals surface area (Å²) in [7, 11) is 0. The van der Waals surface area contributed by atoms with Crippen LogP contribution in [0.1, 0.15) is 21.0 Å². The molecule has 0 atom stereocenters. The van der Waals surface area contributed by atoms with Crippen LogP contribution in [0.25, 0.3) is 39.0 Å². The molecule has 0 bridgehead atoms. The van der Waals surface area contributed by atoms with Gasteiger partial charge in [-0.1, -0.05) is 24.8 Å². The quantitative estimate of drug-likeness (QED) is 0.299. The summed E-state index contributed by atoms with van der Waals surface area (Å²) in [5.41, 5.74) is 8.48. The normalized spacial score (nSPS) is 12.0. The summed E-state index contributed by atoms with van der Waals surface area (Å²) in [6.45, 7) is 8.14. The van der Waals surface area contributed by atoms with Crippen molar-refractivity contribution in [2.45, 2.75) is 13.8 Å². The monoisotopic (exact) mass is 411 g/mol. The van der Waals surface area contributed by atoms with Crippen molar-refractivity contribution in [3.8, 4) is 22.5 Å². The first kappa shape index (κ1) is 18.4. The minimum atomic E-state index is 0.907. The van der Waals surface area contributed by atoms with Crippen LogP contribution in [0.4, 0.5) is 0 Å². The lowest BCUT2D eigenvalue weighted by atomic mass is 10.0. The van der Waals surface area contributed by atoms with E-state index in [0.29, 0.717) is 0 Å². The smallest absolute Gasteiger partial charge is 0.116 e. The summed E-state index contributed by atoms with van der Waals surface area (Å²) in [6, 6.07) is 12.8. The van der Waals surface area contributed by atoms with Crippen molar-refractivity contribution < 1.29 is 0 Å². The molecule has 148 valence electrons. The number of aromatic nitrogens is 5. The zero-order valence-electron chi connectivity index (χ0n) is 16.8. The topological polar surface area (TPSA) is 73.2 Å². The molecule has 6 heteroatoms. The highest BCUT2D eigenvalue weighted by Gasteiger charge is 2.17. The Morgan fingerprint density at radius 2 is 2.00 bits per heavy atom. The number of allylic oxidation sites excluding steroid dienone is 2. The maximum Gasteiger partial charge on any atom is 0.116 e. The molecule has 3 N–H and O–H groups in total. The summed E-state index contributed by atoms with van der Waals surface area (Å²) < 4.78 is 0. The maximum atomic E-state index is 4.61. The van der Waals surface area contributed by atoms with Crippen LogP contribution >= 0.6 is 11.3 Å². The number of rotatable bonds is 5. The van der Waals surface area contributed by atoms with Gasteiger partial charge in [-0.05, 0) is 49.7 Å². The van der Waals surface area contributed by atoms with Crippen LogP contribution in [-0.2, 0) is 0 Å². The fourth-order valence-electron chi connectivity index (χ4n) is 3.77. The SMILES string of the molecule is C=C/C=C(/c1ccc(C)s1)c1cc(-c2n[nH]c3ccc(-c4cn[nH]c4)cc23)[nH]c1C. The average Bonchev–Trinajstić information content (AvgIpc) is 3.52. The van der Waals surface area contributed by atoms with Crippen molar-refractivity contribution in [1.29, 1.82) is 0 Å². The molecule has 5 aromatic rings. The summed E-state index contributed by atoms with van der Waals surface area (Å²) in [5.74, 6) is 0. The van der Waals surface area contributed by atoms with Crippen molar-refractivity contribution in [2.24, 2.45) is 0 Å². The van der Waals surface area contributed by atoms with Crippen molar-refractivity contribution in [3.05, 3.63) is 88.5 Å². The molecule has 0 aliphatic carbocycles. The first-order valence-electron chi connectivity index (χ1n) is 9.71. The summed E-state index contributed by atoms with van der Waals surface area (Å²) in [6.07, 6.45) is 7.64. The van der Waals surface area contributed by atoms with Crippen molar-refractivity contribution >= 4 is 27.8 Å². The van der Waals surface area contributed by atoms with E-state index in [-0.39, 0.29) is 0 Å². The number of aryl methyl sites for hydroxylation is 2. The molecule has 0 spiro atoms. The lowest BCUT2D eigenvalue weighted by molar-refractivity contribution is 1.09. The van der Waals surface area contributed by atoms with E-state index in [0.717, 1.165) is 44.7 Å². The molecule has 4 aromatic heterocycles. The third-order valence-electron chi connectivity index (χ3n) is 5.24. The highest BCUT2D eigenvalue weighted by atomic mass is 32.1. The Bertz CT molecular complexity index is 1380. The van der Waals surface area contributed by atoms with Crippen LogP contribution in [0.2, 0.25) is 0 Å². The molecule has 0 aliphatic rings. The van der Waals surface area contributed by atoms with Crippen LogP contribution < -0.4 is 0 Å². The predicted molar refractivity (Wildman–Crippen MR) is 125 cm³/mol. The van der Waals surface area contributed by atoms with Gasteiger partial charge in [-0.2, -0.15) is 10.2 Å². The van der Waals surface area contributed by atoms with E-state index in [1.54, 1.807) is 11.3 Å². The molecule has 5 nitrogen and oxygen atoms in total. The van der Waals surface area contributed by atoms with Crippen molar-refractivity contribution in [2.75, 3.05) is 0 Å². The van der Waals surface area contributed by atoms with Gasteiger partial charge in [0.1, 0.15) is 5.69 Å². The standard InChI is InChI=1S/C24H21N5S/c1-4-5-18(23-9-6-14(2)30-23)19-11-22(27-15(19)3)24-20-10-16(17-12-25-26-13-17)7-8-21(20)28-29-24/h4-13,27H,1H2,2-3H3,(H,25,26)(H,28,29)/b18-5+. The van der Waals surface area contributed by atoms with Crippen LogP contribution in [0, 0.1) is 13.8 Å². The Kier molecular flexibility index (Phi) is 4.48. The minimum absolute atomic E-state index is 0.907. The van der Waals surface area contributed by atoms with Crippen molar-refractivity contribution in [1.82, 2.24) is 25.4 Å². The molecule has 0 saturated heterocycles. The maximum absolute atomic E-state index is 4.61. The van der Waals surface area contributed by atoms with E-state index in [9.17, 15) is 0 Å². The molecule has 0 amide bonds. The lowest BCUT2D eigenvalue weighted by Gasteiger charge is -2.03. The van der Waals surface area contributed by atoms with E-state index in [2.05, 4.69) is 88.3 Å². The van der Waals surface area contributed by atoms with Gasteiger partial charge < -0.3 is 4.98 Å². The largest absolute Gasteiger partial charge is 0.357 e. The van der Waals surface area contributed by atoms with Crippen molar-refractivity contribution in [3.63, 3.8) is 0 Å². The van der Waals surface area contributed by atoms with E-state index in [4.69, 9.17) is 0 Å². The summed E-state index contributed by atoms with van der Waals surface area (Å²) in [4.78, 5) is 6.06. The molecule has 0 saturated carbocycles. The predicted octanol–water partition coefficient (Wildman–Crippen LogP) is 6.24. The second-order valence-electron chi connectivity index (χ2n) is 7.27. The molecular weight excluding hydrogens is 390 g/mol. The summed E-state index contributed by atoms with van der Waals surface area (Å²) >= 11 is 1.79. The second kappa shape index (κ2) is 7.31.